The van der Waals surface area contributed by atoms with E-state index in [0.717, 1.165) is 0 Å². The first-order valence-corrected chi connectivity index (χ1v) is 6.07. The van der Waals surface area contributed by atoms with E-state index in [1.807, 2.05) is 0 Å². The van der Waals surface area contributed by atoms with Crippen molar-refractivity contribution in [2.45, 2.75) is 6.92 Å². The van der Waals surface area contributed by atoms with Crippen LogP contribution in [0.3, 0.4) is 0 Å². The molecule has 0 unspecified atom stereocenters. The number of benzene rings is 2. The molecular weight excluding hydrogens is 259 g/mol. The van der Waals surface area contributed by atoms with Crippen LogP contribution < -0.4 is 15.8 Å². The molecule has 0 aliphatic heterocycles. The molecule has 2 aromatic carbocycles. The van der Waals surface area contributed by atoms with Gasteiger partial charge in [0.05, 0.1) is 5.69 Å². The molecule has 2 aromatic rings. The number of ether oxygens (including phenoxy) is 1. The zero-order chi connectivity index (χ0) is 14.7. The third kappa shape index (κ3) is 2.88. The predicted molar refractivity (Wildman–Crippen MR) is 75.5 cm³/mol. The van der Waals surface area contributed by atoms with E-state index in [2.05, 4.69) is 5.32 Å². The largest absolute Gasteiger partial charge is 0.455 e. The van der Waals surface area contributed by atoms with E-state index in [4.69, 9.17) is 10.5 Å². The molecule has 0 heterocycles. The van der Waals surface area contributed by atoms with Crippen molar-refractivity contribution in [1.82, 2.24) is 5.32 Å². The maximum Gasteiger partial charge on any atom is 0.251 e. The Bertz CT molecular complexity index is 656. The van der Waals surface area contributed by atoms with Gasteiger partial charge in [-0.2, -0.15) is 0 Å². The Morgan fingerprint density at radius 2 is 2.00 bits per heavy atom. The number of amides is 1. The molecule has 0 fully saturated rings. The normalized spacial score (nSPS) is 10.2. The van der Waals surface area contributed by atoms with E-state index in [1.54, 1.807) is 32.2 Å². The fourth-order valence-electron chi connectivity index (χ4n) is 1.73. The van der Waals surface area contributed by atoms with Crippen LogP contribution in [0, 0.1) is 12.7 Å². The van der Waals surface area contributed by atoms with Crippen molar-refractivity contribution in [1.29, 1.82) is 0 Å². The molecule has 20 heavy (non-hydrogen) atoms. The van der Waals surface area contributed by atoms with Crippen molar-refractivity contribution in [3.63, 3.8) is 0 Å². The van der Waals surface area contributed by atoms with Gasteiger partial charge in [0, 0.05) is 12.6 Å². The molecule has 5 heteroatoms. The van der Waals surface area contributed by atoms with Crippen molar-refractivity contribution in [3.8, 4) is 11.5 Å². The highest BCUT2D eigenvalue weighted by atomic mass is 19.1. The molecule has 4 nitrogen and oxygen atoms in total. The van der Waals surface area contributed by atoms with Crippen molar-refractivity contribution in [3.05, 3.63) is 53.3 Å². The van der Waals surface area contributed by atoms with Crippen LogP contribution in [-0.2, 0) is 0 Å². The van der Waals surface area contributed by atoms with Crippen LogP contribution in [0.25, 0.3) is 0 Å². The van der Waals surface area contributed by atoms with E-state index in [9.17, 15) is 9.18 Å². The van der Waals surface area contributed by atoms with Gasteiger partial charge in [-0.05, 0) is 48.9 Å². The SMILES string of the molecule is CNC(=O)c1ccc(Oc2ccc(F)c(C)c2)c(N)c1. The first-order chi connectivity index (χ1) is 9.51. The number of hydrogen-bond donors (Lipinski definition) is 2. The molecule has 0 aliphatic carbocycles. The molecule has 104 valence electrons. The van der Waals surface area contributed by atoms with Gasteiger partial charge in [0.1, 0.15) is 17.3 Å². The number of aryl methyl sites for hydroxylation is 1. The van der Waals surface area contributed by atoms with Crippen molar-refractivity contribution < 1.29 is 13.9 Å². The summed E-state index contributed by atoms with van der Waals surface area (Å²) in [6, 6.07) is 9.19. The van der Waals surface area contributed by atoms with Crippen molar-refractivity contribution in [2.75, 3.05) is 12.8 Å². The summed E-state index contributed by atoms with van der Waals surface area (Å²) in [7, 11) is 1.55. The van der Waals surface area contributed by atoms with Gasteiger partial charge in [-0.3, -0.25) is 4.79 Å². The van der Waals surface area contributed by atoms with Gasteiger partial charge < -0.3 is 15.8 Å². The molecule has 2 rings (SSSR count). The lowest BCUT2D eigenvalue weighted by Crippen LogP contribution is -2.17. The fraction of sp³-hybridized carbons (Fsp3) is 0.133. The summed E-state index contributed by atoms with van der Waals surface area (Å²) in [6.45, 7) is 1.65. The number of nitrogen functional groups attached to an aromatic ring is 1. The Kier molecular flexibility index (Phi) is 3.89. The Balaban J connectivity index is 2.25. The monoisotopic (exact) mass is 274 g/mol. The molecule has 0 atom stereocenters. The number of carbonyl (C=O) groups excluding carboxylic acids is 1. The van der Waals surface area contributed by atoms with Crippen molar-refractivity contribution in [2.24, 2.45) is 0 Å². The van der Waals surface area contributed by atoms with Gasteiger partial charge in [0.25, 0.3) is 5.91 Å². The molecule has 3 N–H and O–H groups in total. The second kappa shape index (κ2) is 5.61. The molecule has 0 aromatic heterocycles. The fourth-order valence-corrected chi connectivity index (χ4v) is 1.73. The Morgan fingerprint density at radius 3 is 2.60 bits per heavy atom. The van der Waals surface area contributed by atoms with Gasteiger partial charge in [0.2, 0.25) is 0 Å². The van der Waals surface area contributed by atoms with Crippen LogP contribution in [0.15, 0.2) is 36.4 Å². The number of halogens is 1. The molecule has 0 bridgehead atoms. The molecule has 0 saturated carbocycles. The maximum absolute atomic E-state index is 13.2. The van der Waals surface area contributed by atoms with Gasteiger partial charge in [0.15, 0.2) is 0 Å². The predicted octanol–water partition coefficient (Wildman–Crippen LogP) is 2.87. The highest BCUT2D eigenvalue weighted by Crippen LogP contribution is 2.29. The van der Waals surface area contributed by atoms with Crippen LogP contribution in [0.5, 0.6) is 11.5 Å². The van der Waals surface area contributed by atoms with Crippen molar-refractivity contribution >= 4 is 11.6 Å². The summed E-state index contributed by atoms with van der Waals surface area (Å²) in [5, 5.41) is 2.51. The first kappa shape index (κ1) is 13.9. The number of nitrogens with two attached hydrogens (primary N) is 1. The smallest absolute Gasteiger partial charge is 0.251 e. The standard InChI is InChI=1S/C15H15FN2O2/c1-9-7-11(4-5-12(9)16)20-14-6-3-10(8-13(14)17)15(19)18-2/h3-8H,17H2,1-2H3,(H,18,19). The number of hydrogen-bond acceptors (Lipinski definition) is 3. The molecule has 1 amide bonds. The molecule has 0 radical (unpaired) electrons. The summed E-state index contributed by atoms with van der Waals surface area (Å²) in [6.07, 6.45) is 0. The minimum absolute atomic E-state index is 0.221. The van der Waals surface area contributed by atoms with E-state index in [-0.39, 0.29) is 11.7 Å². The number of nitrogens with one attached hydrogen (secondary N) is 1. The van der Waals surface area contributed by atoms with Gasteiger partial charge in [-0.15, -0.1) is 0 Å². The third-order valence-corrected chi connectivity index (χ3v) is 2.86. The third-order valence-electron chi connectivity index (χ3n) is 2.86. The van der Waals surface area contributed by atoms with E-state index >= 15 is 0 Å². The lowest BCUT2D eigenvalue weighted by Gasteiger charge is -2.10. The average Bonchev–Trinajstić information content (AvgIpc) is 2.44. The van der Waals surface area contributed by atoms with E-state index < -0.39 is 0 Å². The summed E-state index contributed by atoms with van der Waals surface area (Å²) >= 11 is 0. The zero-order valence-electron chi connectivity index (χ0n) is 11.2. The molecule has 0 spiro atoms. The number of rotatable bonds is 3. The summed E-state index contributed by atoms with van der Waals surface area (Å²) in [4.78, 5) is 11.5. The summed E-state index contributed by atoms with van der Waals surface area (Å²) < 4.78 is 18.8. The highest BCUT2D eigenvalue weighted by molar-refractivity contribution is 5.95. The molecule has 0 aliphatic rings. The average molecular weight is 274 g/mol. The summed E-state index contributed by atoms with van der Waals surface area (Å²) in [5.74, 6) is 0.396. The Labute approximate surface area is 116 Å². The molecule has 0 saturated heterocycles. The van der Waals surface area contributed by atoms with Crippen LogP contribution in [0.4, 0.5) is 10.1 Å². The second-order valence-electron chi connectivity index (χ2n) is 4.34. The Hall–Kier alpha value is -2.56. The van der Waals surface area contributed by atoms with E-state index in [1.165, 1.54) is 18.2 Å². The molecular formula is C15H15FN2O2. The van der Waals surface area contributed by atoms with Gasteiger partial charge in [-0.25, -0.2) is 4.39 Å². The van der Waals surface area contributed by atoms with Crippen LogP contribution in [0.2, 0.25) is 0 Å². The second-order valence-corrected chi connectivity index (χ2v) is 4.34. The maximum atomic E-state index is 13.2. The van der Waals surface area contributed by atoms with Gasteiger partial charge >= 0.3 is 0 Å². The lowest BCUT2D eigenvalue weighted by atomic mass is 10.1. The highest BCUT2D eigenvalue weighted by Gasteiger charge is 2.08. The minimum atomic E-state index is -0.291. The van der Waals surface area contributed by atoms with E-state index in [0.29, 0.717) is 28.3 Å². The quantitative estimate of drug-likeness (QED) is 0.846. The minimum Gasteiger partial charge on any atom is -0.455 e. The van der Waals surface area contributed by atoms with Crippen LogP contribution in [0.1, 0.15) is 15.9 Å². The zero-order valence-corrected chi connectivity index (χ0v) is 11.2. The lowest BCUT2D eigenvalue weighted by molar-refractivity contribution is 0.0963. The Morgan fingerprint density at radius 1 is 1.25 bits per heavy atom. The van der Waals surface area contributed by atoms with Gasteiger partial charge in [-0.1, -0.05) is 0 Å². The number of anilines is 1. The first-order valence-electron chi connectivity index (χ1n) is 6.07. The van der Waals surface area contributed by atoms with Crippen LogP contribution >= 0.6 is 0 Å². The topological polar surface area (TPSA) is 64.3 Å². The number of carbonyl (C=O) groups is 1. The summed E-state index contributed by atoms with van der Waals surface area (Å²) in [5.41, 5.74) is 7.13. The van der Waals surface area contributed by atoms with Crippen LogP contribution in [-0.4, -0.2) is 13.0 Å².